The Kier molecular flexibility index (Phi) is 4.35. The minimum Gasteiger partial charge on any atom is -0.396 e. The Morgan fingerprint density at radius 2 is 1.93 bits per heavy atom. The zero-order valence-corrected chi connectivity index (χ0v) is 9.20. The fraction of sp³-hybridized carbons (Fsp3) is 1.00. The molecule has 2 atom stereocenters. The fourth-order valence-electron chi connectivity index (χ4n) is 2.07. The van der Waals surface area contributed by atoms with Crippen LogP contribution in [0.3, 0.4) is 0 Å². The Bertz CT molecular complexity index is 158. The molecule has 1 rings (SSSR count). The number of hydrogen-bond acceptors (Lipinski definition) is 3. The highest BCUT2D eigenvalue weighted by Gasteiger charge is 2.33. The van der Waals surface area contributed by atoms with E-state index in [2.05, 4.69) is 6.92 Å². The van der Waals surface area contributed by atoms with Gasteiger partial charge in [0, 0.05) is 5.41 Å². The van der Waals surface area contributed by atoms with Crippen molar-refractivity contribution in [1.82, 2.24) is 0 Å². The van der Waals surface area contributed by atoms with Gasteiger partial charge in [0.05, 0.1) is 25.4 Å². The molecule has 3 heteroatoms. The summed E-state index contributed by atoms with van der Waals surface area (Å²) in [4.78, 5) is 0. The summed E-state index contributed by atoms with van der Waals surface area (Å²) in [5, 5.41) is 18.6. The number of ether oxygens (including phenoxy) is 1. The van der Waals surface area contributed by atoms with Crippen LogP contribution in [-0.4, -0.2) is 35.6 Å². The van der Waals surface area contributed by atoms with E-state index in [-0.39, 0.29) is 24.7 Å². The highest BCUT2D eigenvalue weighted by Crippen LogP contribution is 2.33. The molecule has 1 aliphatic heterocycles. The van der Waals surface area contributed by atoms with Crippen LogP contribution >= 0.6 is 0 Å². The Labute approximate surface area is 86.1 Å². The van der Waals surface area contributed by atoms with Gasteiger partial charge in [-0.2, -0.15) is 0 Å². The third kappa shape index (κ3) is 2.69. The zero-order chi connectivity index (χ0) is 10.6. The van der Waals surface area contributed by atoms with Crippen LogP contribution < -0.4 is 0 Å². The van der Waals surface area contributed by atoms with Crippen molar-refractivity contribution in [1.29, 1.82) is 0 Å². The monoisotopic (exact) mass is 202 g/mol. The molecule has 0 amide bonds. The highest BCUT2D eigenvalue weighted by atomic mass is 16.5. The van der Waals surface area contributed by atoms with Gasteiger partial charge in [0.1, 0.15) is 0 Å². The summed E-state index contributed by atoms with van der Waals surface area (Å²) in [6, 6.07) is 0. The Morgan fingerprint density at radius 1 is 1.29 bits per heavy atom. The van der Waals surface area contributed by atoms with Crippen LogP contribution in [0.25, 0.3) is 0 Å². The van der Waals surface area contributed by atoms with E-state index < -0.39 is 0 Å². The molecule has 3 nitrogen and oxygen atoms in total. The maximum absolute atomic E-state index is 9.29. The van der Waals surface area contributed by atoms with Gasteiger partial charge in [-0.1, -0.05) is 6.92 Å². The van der Waals surface area contributed by atoms with Crippen molar-refractivity contribution in [3.63, 3.8) is 0 Å². The first-order chi connectivity index (χ1) is 6.65. The number of aliphatic hydroxyl groups excluding tert-OH is 2. The van der Waals surface area contributed by atoms with Crippen LogP contribution in [0.1, 0.15) is 39.5 Å². The molecule has 2 unspecified atom stereocenters. The molecule has 14 heavy (non-hydrogen) atoms. The molecule has 1 fully saturated rings. The first-order valence-corrected chi connectivity index (χ1v) is 5.53. The molecule has 0 radical (unpaired) electrons. The highest BCUT2D eigenvalue weighted by molar-refractivity contribution is 4.83. The standard InChI is InChI=1S/C11H22O3/c1-3-11(7-12,8-13)6-10-5-4-9(2)14-10/h9-10,12-13H,3-8H2,1-2H3. The van der Waals surface area contributed by atoms with Crippen LogP contribution in [0.5, 0.6) is 0 Å². The molecule has 0 aromatic rings. The van der Waals surface area contributed by atoms with Crippen LogP contribution in [0, 0.1) is 5.41 Å². The van der Waals surface area contributed by atoms with Crippen molar-refractivity contribution in [2.75, 3.05) is 13.2 Å². The van der Waals surface area contributed by atoms with E-state index in [0.29, 0.717) is 6.10 Å². The molecular weight excluding hydrogens is 180 g/mol. The number of rotatable bonds is 5. The first-order valence-electron chi connectivity index (χ1n) is 5.53. The van der Waals surface area contributed by atoms with Crippen molar-refractivity contribution in [3.8, 4) is 0 Å². The topological polar surface area (TPSA) is 49.7 Å². The van der Waals surface area contributed by atoms with Crippen LogP contribution in [-0.2, 0) is 4.74 Å². The molecule has 0 bridgehead atoms. The normalized spacial score (nSPS) is 28.3. The van der Waals surface area contributed by atoms with E-state index in [1.807, 2.05) is 6.92 Å². The van der Waals surface area contributed by atoms with Gasteiger partial charge in [0.2, 0.25) is 0 Å². The third-order valence-corrected chi connectivity index (χ3v) is 3.40. The largest absolute Gasteiger partial charge is 0.396 e. The van der Waals surface area contributed by atoms with Crippen LogP contribution in [0.4, 0.5) is 0 Å². The van der Waals surface area contributed by atoms with Crippen LogP contribution in [0.2, 0.25) is 0 Å². The van der Waals surface area contributed by atoms with Gasteiger partial charge in [0.15, 0.2) is 0 Å². The predicted molar refractivity (Wildman–Crippen MR) is 55.1 cm³/mol. The van der Waals surface area contributed by atoms with E-state index in [1.54, 1.807) is 0 Å². The lowest BCUT2D eigenvalue weighted by atomic mass is 9.81. The van der Waals surface area contributed by atoms with Gasteiger partial charge < -0.3 is 14.9 Å². The molecule has 0 aromatic carbocycles. The van der Waals surface area contributed by atoms with Gasteiger partial charge in [-0.15, -0.1) is 0 Å². The summed E-state index contributed by atoms with van der Waals surface area (Å²) in [5.74, 6) is 0. The van der Waals surface area contributed by atoms with Crippen molar-refractivity contribution >= 4 is 0 Å². The Morgan fingerprint density at radius 3 is 2.29 bits per heavy atom. The summed E-state index contributed by atoms with van der Waals surface area (Å²) in [6.45, 7) is 4.18. The lowest BCUT2D eigenvalue weighted by molar-refractivity contribution is -0.0221. The Hall–Kier alpha value is -0.120. The number of hydrogen-bond donors (Lipinski definition) is 2. The lowest BCUT2D eigenvalue weighted by Crippen LogP contribution is -2.33. The quantitative estimate of drug-likeness (QED) is 0.707. The Balaban J connectivity index is 2.47. The summed E-state index contributed by atoms with van der Waals surface area (Å²) in [5.41, 5.74) is -0.339. The van der Waals surface area contributed by atoms with Gasteiger partial charge in [-0.3, -0.25) is 0 Å². The predicted octanol–water partition coefficient (Wildman–Crippen LogP) is 1.32. The first kappa shape index (κ1) is 12.0. The van der Waals surface area contributed by atoms with E-state index in [4.69, 9.17) is 4.74 Å². The van der Waals surface area contributed by atoms with Crippen molar-refractivity contribution < 1.29 is 14.9 Å². The van der Waals surface area contributed by atoms with Gasteiger partial charge in [-0.25, -0.2) is 0 Å². The molecule has 0 aromatic heterocycles. The zero-order valence-electron chi connectivity index (χ0n) is 9.20. The average Bonchev–Trinajstić information content (AvgIpc) is 2.61. The maximum Gasteiger partial charge on any atom is 0.0586 e. The van der Waals surface area contributed by atoms with Gasteiger partial charge >= 0.3 is 0 Å². The molecule has 2 N–H and O–H groups in total. The summed E-state index contributed by atoms with van der Waals surface area (Å²) in [6.07, 6.45) is 4.30. The van der Waals surface area contributed by atoms with E-state index in [0.717, 1.165) is 25.7 Å². The summed E-state index contributed by atoms with van der Waals surface area (Å²) < 4.78 is 5.70. The molecule has 0 saturated carbocycles. The summed E-state index contributed by atoms with van der Waals surface area (Å²) >= 11 is 0. The second-order valence-corrected chi connectivity index (χ2v) is 4.52. The van der Waals surface area contributed by atoms with Crippen molar-refractivity contribution in [2.45, 2.75) is 51.7 Å². The van der Waals surface area contributed by atoms with Gasteiger partial charge in [-0.05, 0) is 32.6 Å². The van der Waals surface area contributed by atoms with Gasteiger partial charge in [0.25, 0.3) is 0 Å². The minimum atomic E-state index is -0.339. The maximum atomic E-state index is 9.29. The van der Waals surface area contributed by atoms with Crippen molar-refractivity contribution in [2.24, 2.45) is 5.41 Å². The average molecular weight is 202 g/mol. The minimum absolute atomic E-state index is 0.0498. The SMILES string of the molecule is CCC(CO)(CO)CC1CCC(C)O1. The van der Waals surface area contributed by atoms with E-state index in [9.17, 15) is 10.2 Å². The number of aliphatic hydroxyl groups is 2. The third-order valence-electron chi connectivity index (χ3n) is 3.40. The lowest BCUT2D eigenvalue weighted by Gasteiger charge is -2.30. The molecule has 1 aliphatic rings. The molecule has 0 spiro atoms. The van der Waals surface area contributed by atoms with E-state index in [1.165, 1.54) is 0 Å². The van der Waals surface area contributed by atoms with Crippen molar-refractivity contribution in [3.05, 3.63) is 0 Å². The van der Waals surface area contributed by atoms with E-state index >= 15 is 0 Å². The second kappa shape index (κ2) is 5.10. The molecular formula is C11H22O3. The second-order valence-electron chi connectivity index (χ2n) is 4.52. The molecule has 0 aliphatic carbocycles. The van der Waals surface area contributed by atoms with Crippen LogP contribution in [0.15, 0.2) is 0 Å². The molecule has 84 valence electrons. The molecule has 1 saturated heterocycles. The smallest absolute Gasteiger partial charge is 0.0586 e. The fourth-order valence-corrected chi connectivity index (χ4v) is 2.07. The summed E-state index contributed by atoms with van der Waals surface area (Å²) in [7, 11) is 0. The molecule has 1 heterocycles.